The summed E-state index contributed by atoms with van der Waals surface area (Å²) in [6.45, 7) is 17.0. The second-order valence-electron chi connectivity index (χ2n) is 18.2. The summed E-state index contributed by atoms with van der Waals surface area (Å²) in [7, 11) is -9.52. The van der Waals surface area contributed by atoms with Gasteiger partial charge in [0, 0.05) is 36.4 Å². The number of aryl methyl sites for hydroxylation is 1. The molecule has 0 aliphatic rings. The van der Waals surface area contributed by atoms with Gasteiger partial charge in [0.2, 0.25) is 10.0 Å². The predicted octanol–water partition coefficient (Wildman–Crippen LogP) is 10.5. The van der Waals surface area contributed by atoms with Crippen molar-refractivity contribution >= 4 is 59.2 Å². The van der Waals surface area contributed by atoms with Gasteiger partial charge in [-0.05, 0) is 81.3 Å². The highest BCUT2D eigenvalue weighted by atomic mass is 32.2. The summed E-state index contributed by atoms with van der Waals surface area (Å²) >= 11 is 1.70. The number of rotatable bonds is 20. The summed E-state index contributed by atoms with van der Waals surface area (Å²) in [6, 6.07) is 60.0. The third kappa shape index (κ3) is 10.8. The molecule has 1 unspecified atom stereocenters. The van der Waals surface area contributed by atoms with Crippen molar-refractivity contribution in [3.8, 4) is 0 Å². The van der Waals surface area contributed by atoms with E-state index < -0.39 is 26.7 Å². The number of hydrogen-bond donors (Lipinski definition) is 0. The van der Waals surface area contributed by atoms with Crippen LogP contribution in [0.1, 0.15) is 66.4 Å². The molecule has 0 bridgehead atoms. The van der Waals surface area contributed by atoms with Crippen molar-refractivity contribution in [3.05, 3.63) is 181 Å². The predicted molar refractivity (Wildman–Crippen MR) is 267 cm³/mol. The molecule has 326 valence electrons. The third-order valence-corrected chi connectivity index (χ3v) is 25.1. The molecule has 6 rings (SSSR count). The van der Waals surface area contributed by atoms with Gasteiger partial charge in [-0.2, -0.15) is 4.31 Å². The van der Waals surface area contributed by atoms with Gasteiger partial charge in [0.1, 0.15) is 0 Å². The minimum absolute atomic E-state index is 0.151. The molecule has 1 atom stereocenters. The van der Waals surface area contributed by atoms with Crippen molar-refractivity contribution < 1.29 is 17.3 Å². The van der Waals surface area contributed by atoms with Crippen molar-refractivity contribution in [1.82, 2.24) is 4.31 Å². The summed E-state index contributed by atoms with van der Waals surface area (Å²) < 4.78 is 46.6. The average Bonchev–Trinajstić information content (AvgIpc) is 3.27. The molecule has 0 saturated carbocycles. The fourth-order valence-corrected chi connectivity index (χ4v) is 20.9. The molecule has 0 aliphatic carbocycles. The lowest BCUT2D eigenvalue weighted by molar-refractivity contribution is 0.233. The molecule has 0 spiro atoms. The van der Waals surface area contributed by atoms with Gasteiger partial charge in [-0.25, -0.2) is 8.42 Å². The topological polar surface area (TPSA) is 55.8 Å². The number of nitrogens with zero attached hydrogens (tertiary/aromatic N) is 1. The largest absolute Gasteiger partial charge is 0.407 e. The Morgan fingerprint density at radius 1 is 0.532 bits per heavy atom. The minimum Gasteiger partial charge on any atom is -0.407 e. The van der Waals surface area contributed by atoms with E-state index in [0.29, 0.717) is 49.7 Å². The van der Waals surface area contributed by atoms with Crippen LogP contribution in [-0.2, 0) is 18.9 Å². The van der Waals surface area contributed by atoms with Gasteiger partial charge in [-0.15, -0.1) is 11.8 Å². The number of sulfonamides is 1. The van der Waals surface area contributed by atoms with E-state index in [4.69, 9.17) is 8.85 Å². The Labute approximate surface area is 379 Å². The first kappa shape index (κ1) is 47.4. The molecule has 0 heterocycles. The molecular formula is C53H65NO4S2Si2. The quantitative estimate of drug-likeness (QED) is 0.0434. The molecule has 0 saturated heterocycles. The summed E-state index contributed by atoms with van der Waals surface area (Å²) in [4.78, 5) is 1.42. The maximum Gasteiger partial charge on any atom is 0.261 e. The summed E-state index contributed by atoms with van der Waals surface area (Å²) in [5.74, 6) is 0.581. The van der Waals surface area contributed by atoms with Crippen LogP contribution in [0.4, 0.5) is 0 Å². The van der Waals surface area contributed by atoms with E-state index in [-0.39, 0.29) is 16.1 Å². The van der Waals surface area contributed by atoms with Crippen LogP contribution in [0.2, 0.25) is 10.1 Å². The Kier molecular flexibility index (Phi) is 16.1. The van der Waals surface area contributed by atoms with Gasteiger partial charge in [-0.1, -0.05) is 199 Å². The Morgan fingerprint density at radius 2 is 0.919 bits per heavy atom. The number of hydrogen-bond acceptors (Lipinski definition) is 5. The van der Waals surface area contributed by atoms with Crippen molar-refractivity contribution in [3.63, 3.8) is 0 Å². The smallest absolute Gasteiger partial charge is 0.261 e. The highest BCUT2D eigenvalue weighted by Gasteiger charge is 2.51. The van der Waals surface area contributed by atoms with E-state index in [1.54, 1.807) is 28.2 Å². The van der Waals surface area contributed by atoms with Gasteiger partial charge >= 0.3 is 0 Å². The van der Waals surface area contributed by atoms with Gasteiger partial charge in [0.25, 0.3) is 16.6 Å². The second kappa shape index (κ2) is 21.1. The zero-order chi connectivity index (χ0) is 44.3. The van der Waals surface area contributed by atoms with Crippen LogP contribution in [0.3, 0.4) is 0 Å². The number of unbranched alkanes of at least 4 members (excludes halogenated alkanes) is 1. The van der Waals surface area contributed by atoms with Crippen LogP contribution in [0.25, 0.3) is 0 Å². The molecule has 0 aromatic heterocycles. The zero-order valence-electron chi connectivity index (χ0n) is 37.7. The number of thioether (sulfide) groups is 1. The van der Waals surface area contributed by atoms with Crippen LogP contribution >= 0.6 is 11.8 Å². The standard InChI is InChI=1S/C53H65NO4S2Si2/c1-44-35-37-47(38-36-44)60(55,56)54(40-23-24-41-57-61(52(2,3)4,48-27-15-9-16-28-48)49-29-17-10-18-30-49)45(43-59-46-25-13-8-14-26-46)39-42-58-62(53(5,6)7,50-31-19-11-20-32-50)51-33-21-12-22-34-51/h8-22,25-38,45H,23-24,39-43H2,1-7H3. The second-order valence-corrected chi connectivity index (χ2v) is 29.8. The van der Waals surface area contributed by atoms with E-state index in [1.807, 2.05) is 37.3 Å². The van der Waals surface area contributed by atoms with Gasteiger partial charge < -0.3 is 8.85 Å². The van der Waals surface area contributed by atoms with Crippen LogP contribution in [0.5, 0.6) is 0 Å². The first-order valence-corrected chi connectivity index (χ1v) is 28.2. The lowest BCUT2D eigenvalue weighted by Gasteiger charge is -2.43. The van der Waals surface area contributed by atoms with Crippen molar-refractivity contribution in [1.29, 1.82) is 0 Å². The molecule has 0 radical (unpaired) electrons. The molecule has 9 heteroatoms. The van der Waals surface area contributed by atoms with E-state index in [0.717, 1.165) is 10.5 Å². The van der Waals surface area contributed by atoms with E-state index in [9.17, 15) is 0 Å². The molecule has 6 aromatic rings. The van der Waals surface area contributed by atoms with Crippen molar-refractivity contribution in [2.75, 3.05) is 25.5 Å². The van der Waals surface area contributed by atoms with E-state index in [2.05, 4.69) is 175 Å². The monoisotopic (exact) mass is 899 g/mol. The molecule has 0 aliphatic heterocycles. The molecule has 0 N–H and O–H groups in total. The molecule has 0 fully saturated rings. The fraction of sp³-hybridized carbons (Fsp3) is 0.321. The summed E-state index contributed by atoms with van der Waals surface area (Å²) in [6.07, 6.45) is 1.89. The molecular weight excluding hydrogens is 835 g/mol. The molecule has 0 amide bonds. The minimum atomic E-state index is -3.90. The van der Waals surface area contributed by atoms with Gasteiger partial charge in [0.15, 0.2) is 0 Å². The Bertz CT molecular complexity index is 2280. The van der Waals surface area contributed by atoms with Crippen LogP contribution < -0.4 is 20.7 Å². The first-order valence-electron chi connectivity index (χ1n) is 22.0. The maximum absolute atomic E-state index is 15.0. The summed E-state index contributed by atoms with van der Waals surface area (Å²) in [5.41, 5.74) is 1.02. The lowest BCUT2D eigenvalue weighted by atomic mass is 10.2. The third-order valence-electron chi connectivity index (χ3n) is 11.9. The molecule has 62 heavy (non-hydrogen) atoms. The highest BCUT2D eigenvalue weighted by molar-refractivity contribution is 7.99. The zero-order valence-corrected chi connectivity index (χ0v) is 41.3. The maximum atomic E-state index is 15.0. The lowest BCUT2D eigenvalue weighted by Crippen LogP contribution is -2.66. The van der Waals surface area contributed by atoms with Gasteiger partial charge in [-0.3, -0.25) is 0 Å². The van der Waals surface area contributed by atoms with E-state index >= 15 is 8.42 Å². The highest BCUT2D eigenvalue weighted by Crippen LogP contribution is 2.38. The Balaban J connectivity index is 1.32. The Hall–Kier alpha value is -4.07. The van der Waals surface area contributed by atoms with Crippen molar-refractivity contribution in [2.45, 2.75) is 93.6 Å². The first-order chi connectivity index (χ1) is 29.7. The normalized spacial score (nSPS) is 13.3. The van der Waals surface area contributed by atoms with Crippen molar-refractivity contribution in [2.24, 2.45) is 0 Å². The van der Waals surface area contributed by atoms with Crippen LogP contribution in [0.15, 0.2) is 186 Å². The Morgan fingerprint density at radius 3 is 1.32 bits per heavy atom. The molecule has 5 nitrogen and oxygen atoms in total. The van der Waals surface area contributed by atoms with Crippen LogP contribution in [0, 0.1) is 6.92 Å². The van der Waals surface area contributed by atoms with Gasteiger partial charge in [0.05, 0.1) is 4.90 Å². The van der Waals surface area contributed by atoms with Crippen LogP contribution in [-0.4, -0.2) is 60.9 Å². The molecule has 6 aromatic carbocycles. The fourth-order valence-electron chi connectivity index (χ4n) is 8.83. The number of benzene rings is 6. The SMILES string of the molecule is Cc1ccc(S(=O)(=O)N(CCCCO[Si](c2ccccc2)(c2ccccc2)C(C)(C)C)C(CCO[Si](c2ccccc2)(c2ccccc2)C(C)(C)C)CSc2ccccc2)cc1. The van der Waals surface area contributed by atoms with E-state index in [1.165, 1.54) is 20.7 Å². The summed E-state index contributed by atoms with van der Waals surface area (Å²) in [5, 5.41) is 4.53. The average molecular weight is 900 g/mol.